The van der Waals surface area contributed by atoms with Crippen LogP contribution in [0.5, 0.6) is 0 Å². The second-order valence-corrected chi connectivity index (χ2v) is 9.10. The molecule has 9 nitrogen and oxygen atoms in total. The second kappa shape index (κ2) is 9.86. The average molecular weight is 517 g/mol. The van der Waals surface area contributed by atoms with E-state index >= 15 is 0 Å². The molecule has 0 spiro atoms. The van der Waals surface area contributed by atoms with E-state index in [9.17, 15) is 14.4 Å². The van der Waals surface area contributed by atoms with Crippen molar-refractivity contribution in [1.29, 1.82) is 0 Å². The molecule has 2 amide bonds. The maximum atomic E-state index is 13.2. The van der Waals surface area contributed by atoms with Gasteiger partial charge in [0, 0.05) is 47.5 Å². The molecule has 2 aromatic rings. The number of hydrazone groups is 1. The van der Waals surface area contributed by atoms with Crippen molar-refractivity contribution in [1.82, 2.24) is 15.3 Å². The summed E-state index contributed by atoms with van der Waals surface area (Å²) in [6, 6.07) is 1.66. The number of hydrogen-bond donors (Lipinski definition) is 1. The molecule has 33 heavy (non-hydrogen) atoms. The van der Waals surface area contributed by atoms with Gasteiger partial charge in [0.05, 0.1) is 24.3 Å². The maximum Gasteiger partial charge on any atom is 0.308 e. The summed E-state index contributed by atoms with van der Waals surface area (Å²) in [6.07, 6.45) is 6.39. The van der Waals surface area contributed by atoms with Crippen LogP contribution < -0.4 is 5.43 Å². The molecule has 0 bridgehead atoms. The molecule has 0 radical (unpaired) electrons. The normalized spacial score (nSPS) is 17.5. The molecule has 3 heterocycles. The number of hydrogen-bond acceptors (Lipinski definition) is 7. The van der Waals surface area contributed by atoms with E-state index in [2.05, 4.69) is 31.4 Å². The van der Waals surface area contributed by atoms with Crippen LogP contribution in [-0.2, 0) is 16.0 Å². The molecule has 0 atom stereocenters. The summed E-state index contributed by atoms with van der Waals surface area (Å²) in [4.78, 5) is 43.1. The van der Waals surface area contributed by atoms with Crippen LogP contribution in [0.25, 0.3) is 0 Å². The summed E-state index contributed by atoms with van der Waals surface area (Å²) in [5.41, 5.74) is 5.19. The molecule has 1 fully saturated rings. The minimum atomic E-state index is -0.366. The highest BCUT2D eigenvalue weighted by molar-refractivity contribution is 9.10. The van der Waals surface area contributed by atoms with E-state index in [1.807, 2.05) is 6.92 Å². The second-order valence-electron chi connectivity index (χ2n) is 8.19. The van der Waals surface area contributed by atoms with Crippen LogP contribution in [0.1, 0.15) is 63.5 Å². The molecule has 1 aliphatic heterocycles. The number of fused-ring (bicyclic) bond motifs is 1. The molecule has 2 aliphatic rings. The summed E-state index contributed by atoms with van der Waals surface area (Å²) in [7, 11) is 1.38. The predicted octanol–water partition coefficient (Wildman–Crippen LogP) is 3.24. The first kappa shape index (κ1) is 23.2. The fourth-order valence-electron chi connectivity index (χ4n) is 4.33. The monoisotopic (exact) mass is 516 g/mol. The molecule has 1 N–H and O–H groups in total. The van der Waals surface area contributed by atoms with Crippen molar-refractivity contribution < 1.29 is 23.5 Å². The number of likely N-dealkylation sites (tertiary alicyclic amines) is 1. The Kier molecular flexibility index (Phi) is 6.92. The van der Waals surface area contributed by atoms with Crippen molar-refractivity contribution in [3.05, 3.63) is 51.1 Å². The van der Waals surface area contributed by atoms with Gasteiger partial charge in [-0.25, -0.2) is 5.43 Å². The fourth-order valence-corrected chi connectivity index (χ4v) is 4.70. The predicted molar refractivity (Wildman–Crippen MR) is 123 cm³/mol. The van der Waals surface area contributed by atoms with Gasteiger partial charge in [-0.1, -0.05) is 0 Å². The fraction of sp³-hybridized carbons (Fsp3) is 0.435. The summed E-state index contributed by atoms with van der Waals surface area (Å²) < 4.78 is 11.5. The zero-order valence-corrected chi connectivity index (χ0v) is 20.1. The molecule has 174 valence electrons. The first-order chi connectivity index (χ1) is 15.9. The van der Waals surface area contributed by atoms with E-state index in [1.165, 1.54) is 13.3 Å². The molecule has 10 heteroatoms. The van der Waals surface area contributed by atoms with E-state index in [0.717, 1.165) is 17.5 Å². The van der Waals surface area contributed by atoms with Gasteiger partial charge in [0.15, 0.2) is 5.76 Å². The van der Waals surface area contributed by atoms with Gasteiger partial charge in [0.1, 0.15) is 5.76 Å². The molecule has 1 aliphatic carbocycles. The van der Waals surface area contributed by atoms with Gasteiger partial charge in [-0.3, -0.25) is 19.4 Å². The van der Waals surface area contributed by atoms with Crippen molar-refractivity contribution in [2.24, 2.45) is 11.0 Å². The van der Waals surface area contributed by atoms with Crippen molar-refractivity contribution in [3.63, 3.8) is 0 Å². The molecule has 4 rings (SSSR count). The Bertz CT molecular complexity index is 1120. The number of methoxy groups -OCH3 is 1. The van der Waals surface area contributed by atoms with Crippen LogP contribution in [0.2, 0.25) is 0 Å². The molecular weight excluding hydrogens is 492 g/mol. The first-order valence-corrected chi connectivity index (χ1v) is 11.7. The Labute approximate surface area is 199 Å². The zero-order chi connectivity index (χ0) is 23.5. The lowest BCUT2D eigenvalue weighted by Crippen LogP contribution is -2.40. The highest BCUT2D eigenvalue weighted by atomic mass is 79.9. The number of pyridine rings is 1. The number of nitrogens with zero attached hydrogens (tertiary/aromatic N) is 3. The zero-order valence-electron chi connectivity index (χ0n) is 18.5. The lowest BCUT2D eigenvalue weighted by atomic mass is 9.93. The number of piperidine rings is 1. The summed E-state index contributed by atoms with van der Waals surface area (Å²) in [5, 5.41) is 4.35. The van der Waals surface area contributed by atoms with Crippen LogP contribution >= 0.6 is 15.9 Å². The van der Waals surface area contributed by atoms with Gasteiger partial charge in [0.25, 0.3) is 11.8 Å². The molecule has 0 unspecified atom stereocenters. The molecule has 0 saturated carbocycles. The minimum absolute atomic E-state index is 0.173. The van der Waals surface area contributed by atoms with Gasteiger partial charge in [-0.05, 0) is 54.6 Å². The number of halogens is 1. The van der Waals surface area contributed by atoms with Crippen LogP contribution in [0.4, 0.5) is 0 Å². The van der Waals surface area contributed by atoms with Gasteiger partial charge in [0.2, 0.25) is 0 Å². The standard InChI is InChI=1S/C23H25BrN4O5/c1-13-19-17(26-27-21(29)15-10-16(24)12-25-11-15)4-3-5-18(19)33-20(13)22(30)28-8-6-14(7-9-28)23(31)32-2/h10-12,14H,3-9H2,1-2H3,(H,27,29). The quantitative estimate of drug-likeness (QED) is 0.492. The maximum absolute atomic E-state index is 13.2. The Balaban J connectivity index is 1.50. The topological polar surface area (TPSA) is 114 Å². The number of ether oxygens (including phenoxy) is 1. The van der Waals surface area contributed by atoms with Crippen molar-refractivity contribution in [3.8, 4) is 0 Å². The number of aryl methyl sites for hydroxylation is 1. The van der Waals surface area contributed by atoms with Crippen LogP contribution in [-0.4, -0.2) is 53.6 Å². The largest absolute Gasteiger partial charge is 0.469 e. The number of aromatic nitrogens is 1. The number of carbonyl (C=O) groups excluding carboxylic acids is 3. The summed E-state index contributed by atoms with van der Waals surface area (Å²) in [6.45, 7) is 2.79. The summed E-state index contributed by atoms with van der Waals surface area (Å²) >= 11 is 3.30. The number of esters is 1. The highest BCUT2D eigenvalue weighted by Gasteiger charge is 2.33. The SMILES string of the molecule is COC(=O)C1CCN(C(=O)c2oc3c(c2C)C(=NNC(=O)c2cncc(Br)c2)CCC3)CC1. The van der Waals surface area contributed by atoms with Gasteiger partial charge >= 0.3 is 5.97 Å². The van der Waals surface area contributed by atoms with Crippen molar-refractivity contribution >= 4 is 39.4 Å². The average Bonchev–Trinajstić information content (AvgIpc) is 3.18. The Morgan fingerprint density at radius 2 is 2.00 bits per heavy atom. The number of amides is 2. The van der Waals surface area contributed by atoms with E-state index in [4.69, 9.17) is 9.15 Å². The third-order valence-electron chi connectivity index (χ3n) is 6.10. The van der Waals surface area contributed by atoms with Crippen molar-refractivity contribution in [2.75, 3.05) is 20.2 Å². The number of rotatable bonds is 4. The van der Waals surface area contributed by atoms with Crippen LogP contribution in [0, 0.1) is 12.8 Å². The van der Waals surface area contributed by atoms with Crippen LogP contribution in [0.3, 0.4) is 0 Å². The third kappa shape index (κ3) is 4.85. The Hall–Kier alpha value is -3.01. The third-order valence-corrected chi connectivity index (χ3v) is 6.53. The minimum Gasteiger partial charge on any atom is -0.469 e. The molecule has 0 aromatic carbocycles. The molecule has 1 saturated heterocycles. The van der Waals surface area contributed by atoms with Gasteiger partial charge in [-0.2, -0.15) is 5.10 Å². The molecular formula is C23H25BrN4O5. The number of carbonyl (C=O) groups is 3. The van der Waals surface area contributed by atoms with Gasteiger partial charge in [-0.15, -0.1) is 0 Å². The van der Waals surface area contributed by atoms with E-state index in [0.29, 0.717) is 66.0 Å². The van der Waals surface area contributed by atoms with Gasteiger partial charge < -0.3 is 14.1 Å². The lowest BCUT2D eigenvalue weighted by Gasteiger charge is -2.30. The first-order valence-electron chi connectivity index (χ1n) is 10.9. The van der Waals surface area contributed by atoms with E-state index in [-0.39, 0.29) is 23.7 Å². The highest BCUT2D eigenvalue weighted by Crippen LogP contribution is 2.31. The molecule has 2 aromatic heterocycles. The van der Waals surface area contributed by atoms with Crippen molar-refractivity contribution in [2.45, 2.75) is 39.0 Å². The Morgan fingerprint density at radius 1 is 1.24 bits per heavy atom. The van der Waals surface area contributed by atoms with E-state index in [1.54, 1.807) is 17.2 Å². The Morgan fingerprint density at radius 3 is 2.70 bits per heavy atom. The number of furan rings is 1. The lowest BCUT2D eigenvalue weighted by molar-refractivity contribution is -0.146. The number of nitrogens with one attached hydrogen (secondary N) is 1. The summed E-state index contributed by atoms with van der Waals surface area (Å²) in [5.74, 6) is 0.0569. The van der Waals surface area contributed by atoms with Crippen LogP contribution in [0.15, 0.2) is 32.5 Å². The smallest absolute Gasteiger partial charge is 0.308 e. The van der Waals surface area contributed by atoms with E-state index < -0.39 is 0 Å².